The summed E-state index contributed by atoms with van der Waals surface area (Å²) in [6.45, 7) is 10.00. The fourth-order valence-electron chi connectivity index (χ4n) is 3.38. The van der Waals surface area contributed by atoms with Crippen LogP contribution in [0.4, 0.5) is 5.82 Å². The van der Waals surface area contributed by atoms with Crippen LogP contribution in [-0.2, 0) is 11.3 Å². The number of benzene rings is 1. The van der Waals surface area contributed by atoms with Crippen LogP contribution in [0.3, 0.4) is 0 Å². The lowest BCUT2D eigenvalue weighted by molar-refractivity contribution is 0.0529. The highest BCUT2D eigenvalue weighted by atomic mass is 127. The van der Waals surface area contributed by atoms with Crippen LogP contribution in [0, 0.1) is 6.92 Å². The number of morpholine rings is 1. The molecule has 2 N–H and O–H groups in total. The van der Waals surface area contributed by atoms with E-state index in [-0.39, 0.29) is 36.2 Å². The molecular formula is C23H34IN5O2. The van der Waals surface area contributed by atoms with E-state index in [1.165, 1.54) is 5.56 Å². The fourth-order valence-corrected chi connectivity index (χ4v) is 3.38. The zero-order chi connectivity index (χ0) is 21.3. The van der Waals surface area contributed by atoms with E-state index in [1.54, 1.807) is 7.05 Å². The molecule has 1 saturated heterocycles. The molecule has 1 aromatic heterocycles. The molecular weight excluding hydrogens is 505 g/mol. The van der Waals surface area contributed by atoms with Gasteiger partial charge in [-0.25, -0.2) is 4.98 Å². The van der Waals surface area contributed by atoms with Crippen molar-refractivity contribution in [1.29, 1.82) is 0 Å². The normalized spacial score (nSPS) is 17.5. The van der Waals surface area contributed by atoms with Gasteiger partial charge in [-0.2, -0.15) is 0 Å². The van der Waals surface area contributed by atoms with Crippen molar-refractivity contribution in [3.05, 3.63) is 53.7 Å². The van der Waals surface area contributed by atoms with E-state index in [4.69, 9.17) is 9.47 Å². The molecule has 0 radical (unpaired) electrons. The zero-order valence-electron chi connectivity index (χ0n) is 18.8. The Labute approximate surface area is 202 Å². The molecule has 7 nitrogen and oxygen atoms in total. The Bertz CT molecular complexity index is 848. The van der Waals surface area contributed by atoms with Gasteiger partial charge in [0, 0.05) is 32.9 Å². The van der Waals surface area contributed by atoms with Crippen molar-refractivity contribution in [2.45, 2.75) is 39.5 Å². The molecule has 2 heterocycles. The van der Waals surface area contributed by atoms with Gasteiger partial charge in [0.15, 0.2) is 5.96 Å². The molecule has 0 spiro atoms. The summed E-state index contributed by atoms with van der Waals surface area (Å²) in [6.07, 6.45) is 2.11. The Kier molecular flexibility index (Phi) is 10.3. The number of anilines is 1. The third-order valence-electron chi connectivity index (χ3n) is 4.94. The summed E-state index contributed by atoms with van der Waals surface area (Å²) in [4.78, 5) is 11.1. The number of halogens is 1. The van der Waals surface area contributed by atoms with Crippen LogP contribution < -0.4 is 20.3 Å². The lowest BCUT2D eigenvalue weighted by atomic mass is 10.2. The summed E-state index contributed by atoms with van der Waals surface area (Å²) in [7, 11) is 1.77. The highest BCUT2D eigenvalue weighted by Gasteiger charge is 2.18. The molecule has 8 heteroatoms. The lowest BCUT2D eigenvalue weighted by Gasteiger charge is -2.32. The quantitative estimate of drug-likeness (QED) is 0.320. The third-order valence-corrected chi connectivity index (χ3v) is 4.94. The number of nitrogens with one attached hydrogen (secondary N) is 2. The van der Waals surface area contributed by atoms with Crippen LogP contribution in [0.25, 0.3) is 0 Å². The van der Waals surface area contributed by atoms with Crippen molar-refractivity contribution in [3.8, 4) is 5.75 Å². The zero-order valence-corrected chi connectivity index (χ0v) is 21.1. The van der Waals surface area contributed by atoms with Crippen LogP contribution in [0.15, 0.2) is 47.6 Å². The van der Waals surface area contributed by atoms with Crippen molar-refractivity contribution in [1.82, 2.24) is 15.6 Å². The van der Waals surface area contributed by atoms with Gasteiger partial charge in [0.05, 0.1) is 19.3 Å². The van der Waals surface area contributed by atoms with Gasteiger partial charge in [0.25, 0.3) is 0 Å². The maximum Gasteiger partial charge on any atom is 0.191 e. The maximum atomic E-state index is 5.98. The largest absolute Gasteiger partial charge is 0.489 e. The highest BCUT2D eigenvalue weighted by Crippen LogP contribution is 2.16. The van der Waals surface area contributed by atoms with Crippen molar-refractivity contribution in [2.24, 2.45) is 4.99 Å². The monoisotopic (exact) mass is 539 g/mol. The Hall–Kier alpha value is -2.07. The molecule has 1 aliphatic rings. The van der Waals surface area contributed by atoms with Gasteiger partial charge < -0.3 is 25.0 Å². The Balaban J connectivity index is 0.00000341. The maximum absolute atomic E-state index is 5.98. The first-order chi connectivity index (χ1) is 14.5. The van der Waals surface area contributed by atoms with Gasteiger partial charge >= 0.3 is 0 Å². The van der Waals surface area contributed by atoms with Crippen LogP contribution in [0.5, 0.6) is 5.75 Å². The van der Waals surface area contributed by atoms with Gasteiger partial charge in [0.2, 0.25) is 0 Å². The van der Waals surface area contributed by atoms with E-state index in [2.05, 4.69) is 51.5 Å². The molecule has 1 fully saturated rings. The number of hydrogen-bond donors (Lipinski definition) is 2. The molecule has 0 amide bonds. The number of ether oxygens (including phenoxy) is 2. The number of aromatic nitrogens is 1. The van der Waals surface area contributed by atoms with Crippen LogP contribution in [0.1, 0.15) is 25.0 Å². The van der Waals surface area contributed by atoms with E-state index in [0.29, 0.717) is 13.1 Å². The molecule has 0 saturated carbocycles. The van der Waals surface area contributed by atoms with Gasteiger partial charge in [-0.1, -0.05) is 12.1 Å². The second-order valence-electron chi connectivity index (χ2n) is 7.70. The third kappa shape index (κ3) is 8.17. The SMILES string of the molecule is CN=C(NCc1ccnc(N2CCOC(C)C2)c1)NCC(C)Oc1cccc(C)c1.I. The van der Waals surface area contributed by atoms with Crippen LogP contribution in [0.2, 0.25) is 0 Å². The second-order valence-corrected chi connectivity index (χ2v) is 7.70. The average molecular weight is 539 g/mol. The molecule has 2 atom stereocenters. The van der Waals surface area contributed by atoms with Gasteiger partial charge in [-0.05, 0) is 56.2 Å². The first-order valence-electron chi connectivity index (χ1n) is 10.5. The minimum atomic E-state index is 0. The smallest absolute Gasteiger partial charge is 0.191 e. The van der Waals surface area contributed by atoms with Crippen molar-refractivity contribution < 1.29 is 9.47 Å². The number of guanidine groups is 1. The van der Waals surface area contributed by atoms with Crippen molar-refractivity contribution >= 4 is 35.8 Å². The predicted molar refractivity (Wildman–Crippen MR) is 137 cm³/mol. The molecule has 170 valence electrons. The molecule has 3 rings (SSSR count). The number of hydrogen-bond acceptors (Lipinski definition) is 5. The molecule has 0 bridgehead atoms. The first-order valence-corrected chi connectivity index (χ1v) is 10.5. The van der Waals surface area contributed by atoms with Crippen LogP contribution >= 0.6 is 24.0 Å². The van der Waals surface area contributed by atoms with Crippen molar-refractivity contribution in [3.63, 3.8) is 0 Å². The molecule has 31 heavy (non-hydrogen) atoms. The predicted octanol–water partition coefficient (Wildman–Crippen LogP) is 3.37. The number of aliphatic imine (C=N–C) groups is 1. The van der Waals surface area contributed by atoms with Gasteiger partial charge in [-0.15, -0.1) is 24.0 Å². The molecule has 2 aromatic rings. The number of rotatable bonds is 7. The molecule has 0 aliphatic carbocycles. The summed E-state index contributed by atoms with van der Waals surface area (Å²) < 4.78 is 11.6. The van der Waals surface area contributed by atoms with Gasteiger partial charge in [0.1, 0.15) is 17.7 Å². The Morgan fingerprint density at radius 2 is 2.16 bits per heavy atom. The first kappa shape index (κ1) is 25.2. The summed E-state index contributed by atoms with van der Waals surface area (Å²) in [6, 6.07) is 12.2. The average Bonchev–Trinajstić information content (AvgIpc) is 2.74. The second kappa shape index (κ2) is 12.7. The molecule has 1 aliphatic heterocycles. The number of nitrogens with zero attached hydrogens (tertiary/aromatic N) is 3. The summed E-state index contributed by atoms with van der Waals surface area (Å²) in [5.74, 6) is 2.62. The summed E-state index contributed by atoms with van der Waals surface area (Å²) >= 11 is 0. The standard InChI is InChI=1S/C23H33N5O2.HI/c1-17-6-5-7-21(12-17)30-18(2)14-26-23(24-4)27-15-20-8-9-25-22(13-20)28-10-11-29-19(3)16-28;/h5-9,12-13,18-19H,10-11,14-16H2,1-4H3,(H2,24,26,27);1H. The Morgan fingerprint density at radius 1 is 1.32 bits per heavy atom. The summed E-state index contributed by atoms with van der Waals surface area (Å²) in [5, 5.41) is 6.69. The Morgan fingerprint density at radius 3 is 2.90 bits per heavy atom. The van der Waals surface area contributed by atoms with E-state index in [1.807, 2.05) is 37.4 Å². The van der Waals surface area contributed by atoms with Crippen molar-refractivity contribution in [2.75, 3.05) is 38.2 Å². The minimum absolute atomic E-state index is 0. The van der Waals surface area contributed by atoms with Gasteiger partial charge in [-0.3, -0.25) is 4.99 Å². The topological polar surface area (TPSA) is 71.0 Å². The van der Waals surface area contributed by atoms with E-state index >= 15 is 0 Å². The number of aryl methyl sites for hydroxylation is 1. The minimum Gasteiger partial charge on any atom is -0.489 e. The van der Waals surface area contributed by atoms with E-state index in [0.717, 1.165) is 42.8 Å². The van der Waals surface area contributed by atoms with E-state index in [9.17, 15) is 0 Å². The number of pyridine rings is 1. The summed E-state index contributed by atoms with van der Waals surface area (Å²) in [5.41, 5.74) is 2.35. The highest BCUT2D eigenvalue weighted by molar-refractivity contribution is 14.0. The fraction of sp³-hybridized carbons (Fsp3) is 0.478. The molecule has 2 unspecified atom stereocenters. The van der Waals surface area contributed by atoms with Crippen LogP contribution in [-0.4, -0.2) is 56.4 Å². The molecule has 1 aromatic carbocycles. The van der Waals surface area contributed by atoms with E-state index < -0.39 is 0 Å². The lowest BCUT2D eigenvalue weighted by Crippen LogP contribution is -2.42.